The predicted molar refractivity (Wildman–Crippen MR) is 98.4 cm³/mol. The summed E-state index contributed by atoms with van der Waals surface area (Å²) in [7, 11) is 3.04. The van der Waals surface area contributed by atoms with Gasteiger partial charge in [0, 0.05) is 11.8 Å². The van der Waals surface area contributed by atoms with Gasteiger partial charge in [-0.3, -0.25) is 9.59 Å². The molecule has 0 saturated carbocycles. The molecule has 1 aromatic carbocycles. The second-order valence-electron chi connectivity index (χ2n) is 6.03. The molecule has 0 aliphatic carbocycles. The van der Waals surface area contributed by atoms with E-state index in [1.54, 1.807) is 39.0 Å². The van der Waals surface area contributed by atoms with E-state index in [2.05, 4.69) is 15.6 Å². The number of benzene rings is 1. The first kappa shape index (κ1) is 18.4. The summed E-state index contributed by atoms with van der Waals surface area (Å²) in [6, 6.07) is 4.13. The first-order valence-electron chi connectivity index (χ1n) is 8.25. The van der Waals surface area contributed by atoms with Crippen molar-refractivity contribution >= 4 is 22.5 Å². The number of ether oxygens (including phenoxy) is 2. The molecule has 2 aromatic heterocycles. The van der Waals surface area contributed by atoms with E-state index in [1.165, 1.54) is 14.2 Å². The second-order valence-corrected chi connectivity index (χ2v) is 6.03. The molecule has 3 aromatic rings. The van der Waals surface area contributed by atoms with Crippen molar-refractivity contribution < 1.29 is 18.8 Å². The standard InChI is InChI=1S/C18H20N4O5/c1-9-15-11(3)27-21-16(15)18(24)22(20-9)10(2)17(23)19-12-6-7-13(25-4)14(8-12)26-5/h6-8,10H,1-5H3,(H,19,23)/t10-/m0/s1. The smallest absolute Gasteiger partial charge is 0.297 e. The number of hydrogen-bond donors (Lipinski definition) is 1. The molecule has 0 bridgehead atoms. The lowest BCUT2D eigenvalue weighted by molar-refractivity contribution is -0.119. The minimum atomic E-state index is -0.856. The van der Waals surface area contributed by atoms with Crippen LogP contribution < -0.4 is 20.3 Å². The number of carbonyl (C=O) groups is 1. The van der Waals surface area contributed by atoms with Gasteiger partial charge in [-0.05, 0) is 32.9 Å². The highest BCUT2D eigenvalue weighted by Gasteiger charge is 2.22. The Hall–Kier alpha value is -3.36. The van der Waals surface area contributed by atoms with Crippen molar-refractivity contribution in [1.82, 2.24) is 14.9 Å². The lowest BCUT2D eigenvalue weighted by Crippen LogP contribution is -2.34. The van der Waals surface area contributed by atoms with E-state index in [-0.39, 0.29) is 5.52 Å². The Kier molecular flexibility index (Phi) is 4.85. The van der Waals surface area contributed by atoms with Gasteiger partial charge in [0.25, 0.3) is 5.56 Å². The molecule has 1 amide bonds. The average molecular weight is 372 g/mol. The zero-order valence-corrected chi connectivity index (χ0v) is 15.7. The van der Waals surface area contributed by atoms with Crippen LogP contribution in [0.1, 0.15) is 24.4 Å². The number of aromatic nitrogens is 3. The summed E-state index contributed by atoms with van der Waals surface area (Å²) in [6.45, 7) is 5.03. The molecule has 0 fully saturated rings. The van der Waals surface area contributed by atoms with E-state index in [0.29, 0.717) is 34.0 Å². The summed E-state index contributed by atoms with van der Waals surface area (Å²) < 4.78 is 16.6. The molecule has 0 aliphatic heterocycles. The number of anilines is 1. The van der Waals surface area contributed by atoms with Crippen LogP contribution in [0.2, 0.25) is 0 Å². The molecule has 0 aliphatic rings. The molecule has 3 rings (SSSR count). The maximum Gasteiger partial charge on any atom is 0.297 e. The molecule has 1 atom stereocenters. The topological polar surface area (TPSA) is 108 Å². The van der Waals surface area contributed by atoms with Crippen LogP contribution in [0.5, 0.6) is 11.5 Å². The van der Waals surface area contributed by atoms with Crippen molar-refractivity contribution in [3.63, 3.8) is 0 Å². The molecular formula is C18H20N4O5. The van der Waals surface area contributed by atoms with Crippen molar-refractivity contribution in [3.8, 4) is 11.5 Å². The Morgan fingerprint density at radius 3 is 2.59 bits per heavy atom. The number of nitrogens with zero attached hydrogens (tertiary/aromatic N) is 3. The minimum absolute atomic E-state index is 0.158. The number of rotatable bonds is 5. The molecule has 0 unspecified atom stereocenters. The predicted octanol–water partition coefficient (Wildman–Crippen LogP) is 2.22. The number of aryl methyl sites for hydroxylation is 2. The molecule has 0 radical (unpaired) electrons. The zero-order chi connectivity index (χ0) is 19.7. The lowest BCUT2D eigenvalue weighted by Gasteiger charge is -2.15. The van der Waals surface area contributed by atoms with Crippen molar-refractivity contribution in [2.24, 2.45) is 0 Å². The van der Waals surface area contributed by atoms with Gasteiger partial charge in [0.2, 0.25) is 5.91 Å². The van der Waals surface area contributed by atoms with E-state index < -0.39 is 17.5 Å². The normalized spacial score (nSPS) is 12.0. The van der Waals surface area contributed by atoms with E-state index in [0.717, 1.165) is 4.68 Å². The van der Waals surface area contributed by atoms with Crippen LogP contribution in [0, 0.1) is 13.8 Å². The summed E-state index contributed by atoms with van der Waals surface area (Å²) in [5, 5.41) is 11.4. The summed E-state index contributed by atoms with van der Waals surface area (Å²) in [4.78, 5) is 25.3. The van der Waals surface area contributed by atoms with E-state index in [9.17, 15) is 9.59 Å². The molecule has 9 nitrogen and oxygen atoms in total. The molecule has 2 heterocycles. The van der Waals surface area contributed by atoms with Gasteiger partial charge in [-0.2, -0.15) is 5.10 Å². The van der Waals surface area contributed by atoms with Gasteiger partial charge >= 0.3 is 0 Å². The van der Waals surface area contributed by atoms with Gasteiger partial charge in [-0.15, -0.1) is 0 Å². The number of nitrogens with one attached hydrogen (secondary N) is 1. The maximum atomic E-state index is 12.6. The molecular weight excluding hydrogens is 352 g/mol. The quantitative estimate of drug-likeness (QED) is 0.731. The number of methoxy groups -OCH3 is 2. The largest absolute Gasteiger partial charge is 0.493 e. The molecule has 1 N–H and O–H groups in total. The van der Waals surface area contributed by atoms with Gasteiger partial charge < -0.3 is 19.3 Å². The van der Waals surface area contributed by atoms with E-state index in [4.69, 9.17) is 14.0 Å². The van der Waals surface area contributed by atoms with Crippen molar-refractivity contribution in [1.29, 1.82) is 0 Å². The Morgan fingerprint density at radius 2 is 1.93 bits per heavy atom. The van der Waals surface area contributed by atoms with E-state index in [1.807, 2.05) is 0 Å². The van der Waals surface area contributed by atoms with Crippen LogP contribution in [0.3, 0.4) is 0 Å². The molecule has 9 heteroatoms. The van der Waals surface area contributed by atoms with Crippen molar-refractivity contribution in [3.05, 3.63) is 40.0 Å². The number of amides is 1. The monoisotopic (exact) mass is 372 g/mol. The summed E-state index contributed by atoms with van der Waals surface area (Å²) in [5.41, 5.74) is 0.745. The molecule has 0 saturated heterocycles. The van der Waals surface area contributed by atoms with Gasteiger partial charge in [-0.25, -0.2) is 4.68 Å². The third-order valence-electron chi connectivity index (χ3n) is 4.29. The van der Waals surface area contributed by atoms with Crippen LogP contribution in [-0.4, -0.2) is 35.1 Å². The Morgan fingerprint density at radius 1 is 1.22 bits per heavy atom. The SMILES string of the molecule is COc1ccc(NC(=O)[C@H](C)n2nc(C)c3c(C)onc3c2=O)cc1OC. The van der Waals surface area contributed by atoms with Gasteiger partial charge in [0.15, 0.2) is 17.0 Å². The fourth-order valence-corrected chi connectivity index (χ4v) is 2.84. The maximum absolute atomic E-state index is 12.6. The fourth-order valence-electron chi connectivity index (χ4n) is 2.84. The van der Waals surface area contributed by atoms with Crippen LogP contribution in [0.15, 0.2) is 27.5 Å². The van der Waals surface area contributed by atoms with Crippen molar-refractivity contribution in [2.45, 2.75) is 26.8 Å². The first-order chi connectivity index (χ1) is 12.9. The third-order valence-corrected chi connectivity index (χ3v) is 4.29. The lowest BCUT2D eigenvalue weighted by atomic mass is 10.2. The average Bonchev–Trinajstić information content (AvgIpc) is 3.06. The Labute approximate surface area is 154 Å². The summed E-state index contributed by atoms with van der Waals surface area (Å²) >= 11 is 0. The highest BCUT2D eigenvalue weighted by atomic mass is 16.5. The zero-order valence-electron chi connectivity index (χ0n) is 15.7. The summed E-state index contributed by atoms with van der Waals surface area (Å²) in [5.74, 6) is 1.13. The molecule has 0 spiro atoms. The number of carbonyl (C=O) groups excluding carboxylic acids is 1. The Balaban J connectivity index is 1.91. The summed E-state index contributed by atoms with van der Waals surface area (Å²) in [6.07, 6.45) is 0. The highest BCUT2D eigenvalue weighted by molar-refractivity contribution is 5.94. The van der Waals surface area contributed by atoms with Crippen molar-refractivity contribution in [2.75, 3.05) is 19.5 Å². The fraction of sp³-hybridized carbons (Fsp3) is 0.333. The third kappa shape index (κ3) is 3.23. The highest BCUT2D eigenvalue weighted by Crippen LogP contribution is 2.30. The molecule has 142 valence electrons. The molecule has 27 heavy (non-hydrogen) atoms. The number of fused-ring (bicyclic) bond motifs is 1. The van der Waals surface area contributed by atoms with E-state index >= 15 is 0 Å². The first-order valence-corrected chi connectivity index (χ1v) is 8.25. The van der Waals surface area contributed by atoms with Crippen LogP contribution in [0.25, 0.3) is 10.9 Å². The van der Waals surface area contributed by atoms with Gasteiger partial charge in [-0.1, -0.05) is 5.16 Å². The second kappa shape index (κ2) is 7.10. The van der Waals surface area contributed by atoms with Gasteiger partial charge in [0.1, 0.15) is 11.8 Å². The minimum Gasteiger partial charge on any atom is -0.493 e. The number of hydrogen-bond acceptors (Lipinski definition) is 7. The van der Waals surface area contributed by atoms with Crippen LogP contribution in [0.4, 0.5) is 5.69 Å². The van der Waals surface area contributed by atoms with Crippen LogP contribution in [-0.2, 0) is 4.79 Å². The van der Waals surface area contributed by atoms with Crippen LogP contribution >= 0.6 is 0 Å². The Bertz CT molecular complexity index is 1070. The van der Waals surface area contributed by atoms with Gasteiger partial charge in [0.05, 0.1) is 25.3 Å².